The number of nitrogens with zero attached hydrogens (tertiary/aromatic N) is 13. The van der Waals surface area contributed by atoms with E-state index < -0.39 is 40.6 Å². The lowest BCUT2D eigenvalue weighted by Gasteiger charge is -2.34. The van der Waals surface area contributed by atoms with Gasteiger partial charge in [-0.05, 0) is 112 Å². The van der Waals surface area contributed by atoms with Crippen LogP contribution in [0.4, 0.5) is 49.0 Å². The van der Waals surface area contributed by atoms with Crippen molar-refractivity contribution in [3.8, 4) is 51.7 Å². The summed E-state index contributed by atoms with van der Waals surface area (Å²) in [5.74, 6) is 3.63. The van der Waals surface area contributed by atoms with Crippen LogP contribution in [0.25, 0.3) is 49.7 Å². The number of anilines is 3. The van der Waals surface area contributed by atoms with Crippen LogP contribution in [0.3, 0.4) is 0 Å². The summed E-state index contributed by atoms with van der Waals surface area (Å²) in [6.07, 6.45) is 1.75. The summed E-state index contributed by atoms with van der Waals surface area (Å²) in [6, 6.07) is 33.2. The molecular formula is C82H92F6N18O11. The van der Waals surface area contributed by atoms with E-state index in [2.05, 4.69) is 71.8 Å². The molecule has 9 heterocycles. The van der Waals surface area contributed by atoms with Gasteiger partial charge in [-0.15, -0.1) is 15.3 Å². The van der Waals surface area contributed by atoms with Crippen LogP contribution in [0.1, 0.15) is 93.1 Å². The zero-order valence-electron chi connectivity index (χ0n) is 64.4. The lowest BCUT2D eigenvalue weighted by molar-refractivity contribution is 0.0225. The number of nitrogens with one attached hydrogen (secondary N) is 5. The summed E-state index contributed by atoms with van der Waals surface area (Å²) in [5, 5.41) is 30.4. The smallest absolute Gasteiger partial charge is 0.410 e. The Kier molecular flexibility index (Phi) is 25.8. The van der Waals surface area contributed by atoms with Gasteiger partial charge in [0.25, 0.3) is 0 Å². The first-order chi connectivity index (χ1) is 55.7. The average molecular weight is 1620 g/mol. The number of hydrogen-bond acceptors (Lipinski definition) is 25. The monoisotopic (exact) mass is 1620 g/mol. The molecule has 5 N–H and O–H groups in total. The molecule has 0 bridgehead atoms. The molecule has 1 amide bonds. The van der Waals surface area contributed by atoms with E-state index in [0.717, 1.165) is 35.3 Å². The molecule has 3 aliphatic heterocycles. The molecule has 0 saturated carbocycles. The van der Waals surface area contributed by atoms with E-state index in [1.165, 1.54) is 76.2 Å². The minimum absolute atomic E-state index is 0. The van der Waals surface area contributed by atoms with Gasteiger partial charge >= 0.3 is 6.09 Å². The predicted octanol–water partition coefficient (Wildman–Crippen LogP) is 14.1. The van der Waals surface area contributed by atoms with Crippen molar-refractivity contribution in [1.29, 1.82) is 0 Å². The van der Waals surface area contributed by atoms with Crippen LogP contribution in [0.5, 0.6) is 51.7 Å². The highest BCUT2D eigenvalue weighted by molar-refractivity contribution is 5.98. The lowest BCUT2D eigenvalue weighted by Crippen LogP contribution is -2.47. The third-order valence-electron chi connectivity index (χ3n) is 20.1. The molecule has 16 rings (SSSR count). The largest absolute Gasteiger partial charge is 0.497 e. The van der Waals surface area contributed by atoms with Crippen molar-refractivity contribution in [2.75, 3.05) is 119 Å². The molecule has 35 heteroatoms. The SMILES string of the molecule is C.C.COc1ccc(CNc2nc3c(OC)cc(F)cc3c3nc(C4(F)CCCN(C(=O)OCc5ccccc5)C4)nn23)c(OC)c1.COc1ccc(CNc2nc3c(OC)cc(F)cc3c3nc(C4(F)CCCNC4)nn23)c(OC)c1.COc1ccc(CNc2nc3c(OC)cc(F)cc3c3nc(C4(F)CCCNC4)nn23)c(OC)c1. The topological polar surface area (TPSA) is 302 Å². The fourth-order valence-electron chi connectivity index (χ4n) is 14.1. The van der Waals surface area contributed by atoms with Gasteiger partial charge in [0.1, 0.15) is 92.4 Å². The Labute approximate surface area is 669 Å². The van der Waals surface area contributed by atoms with Crippen LogP contribution in [-0.2, 0) is 48.0 Å². The van der Waals surface area contributed by atoms with Gasteiger partial charge in [0, 0.05) is 92.4 Å². The number of likely N-dealkylation sites (tertiary alicyclic amines) is 1. The van der Waals surface area contributed by atoms with Gasteiger partial charge in [0.15, 0.2) is 51.4 Å². The van der Waals surface area contributed by atoms with Gasteiger partial charge in [-0.2, -0.15) is 13.5 Å². The van der Waals surface area contributed by atoms with Gasteiger partial charge in [-0.25, -0.2) is 61.0 Å². The Morgan fingerprint density at radius 1 is 0.427 bits per heavy atom. The lowest BCUT2D eigenvalue weighted by atomic mass is 9.94. The van der Waals surface area contributed by atoms with Crippen LogP contribution in [0, 0.1) is 17.5 Å². The minimum Gasteiger partial charge on any atom is -0.497 e. The number of carbonyl (C=O) groups excluding carboxylic acids is 1. The molecule has 3 unspecified atom stereocenters. The first-order valence-corrected chi connectivity index (χ1v) is 36.8. The van der Waals surface area contributed by atoms with Crippen molar-refractivity contribution in [2.24, 2.45) is 0 Å². The molecule has 3 saturated heterocycles. The molecule has 3 fully saturated rings. The van der Waals surface area contributed by atoms with Crippen molar-refractivity contribution in [3.63, 3.8) is 0 Å². The highest BCUT2D eigenvalue weighted by Gasteiger charge is 2.44. The number of benzene rings is 7. The van der Waals surface area contributed by atoms with Gasteiger partial charge in [-0.1, -0.05) is 45.2 Å². The van der Waals surface area contributed by atoms with E-state index in [9.17, 15) is 18.0 Å². The molecule has 3 aliphatic rings. The van der Waals surface area contributed by atoms with E-state index in [-0.39, 0.29) is 117 Å². The summed E-state index contributed by atoms with van der Waals surface area (Å²) in [6.45, 7) is 2.69. The van der Waals surface area contributed by atoms with Crippen LogP contribution in [-0.4, -0.2) is 173 Å². The zero-order valence-corrected chi connectivity index (χ0v) is 64.4. The maximum Gasteiger partial charge on any atom is 0.410 e. The molecule has 3 atom stereocenters. The average Bonchev–Trinajstić information content (AvgIpc) is 1.64. The normalized spacial score (nSPS) is 17.2. The Morgan fingerprint density at radius 2 is 0.778 bits per heavy atom. The molecule has 13 aromatic rings. The number of alkyl halides is 3. The molecular weight excluding hydrogens is 1530 g/mol. The third-order valence-corrected chi connectivity index (χ3v) is 20.1. The summed E-state index contributed by atoms with van der Waals surface area (Å²) in [7, 11) is 13.7. The molecule has 29 nitrogen and oxygen atoms in total. The molecule has 117 heavy (non-hydrogen) atoms. The Hall–Kier alpha value is -12.7. The number of ether oxygens (including phenoxy) is 10. The van der Waals surface area contributed by atoms with Crippen LogP contribution < -0.4 is 69.2 Å². The zero-order chi connectivity index (χ0) is 80.7. The number of halogens is 6. The first-order valence-electron chi connectivity index (χ1n) is 36.8. The van der Waals surface area contributed by atoms with Gasteiger partial charge in [-0.3, -0.25) is 0 Å². The van der Waals surface area contributed by atoms with Gasteiger partial charge < -0.3 is 78.9 Å². The molecule has 7 aromatic carbocycles. The summed E-state index contributed by atoms with van der Waals surface area (Å²) < 4.78 is 150. The number of aromatic nitrogens is 12. The summed E-state index contributed by atoms with van der Waals surface area (Å²) in [5.41, 5.74) is -0.408. The summed E-state index contributed by atoms with van der Waals surface area (Å²) in [4.78, 5) is 41.8. The summed E-state index contributed by atoms with van der Waals surface area (Å²) >= 11 is 0. The van der Waals surface area contributed by atoms with Crippen LogP contribution in [0.2, 0.25) is 0 Å². The molecule has 618 valence electrons. The Morgan fingerprint density at radius 3 is 1.11 bits per heavy atom. The Balaban J connectivity index is 0.000000162. The van der Waals surface area contributed by atoms with Crippen molar-refractivity contribution < 1.29 is 78.5 Å². The van der Waals surface area contributed by atoms with Crippen molar-refractivity contribution in [1.82, 2.24) is 74.3 Å². The van der Waals surface area contributed by atoms with Crippen molar-refractivity contribution >= 4 is 73.6 Å². The fraction of sp³-hybridized carbons (Fsp3) is 0.366. The van der Waals surface area contributed by atoms with Crippen molar-refractivity contribution in [2.45, 2.75) is 96.6 Å². The number of carbonyl (C=O) groups is 1. The first kappa shape index (κ1) is 83.8. The Bertz CT molecular complexity index is 5510. The number of amides is 1. The number of fused-ring (bicyclic) bond motifs is 9. The maximum atomic E-state index is 16.7. The van der Waals surface area contributed by atoms with E-state index in [0.29, 0.717) is 125 Å². The standard InChI is InChI=1S/C32H32F2N6O5.2C24H26F2N6O3.2CH4/c1-42-23-11-10-21(25(16-23)43-2)17-35-30-36-27-24(14-22(33)15-26(27)44-3)28-37-29(38-40(28)30)32(34)12-7-13-39(19-32)31(41)45-18-20-8-5-4-6-9-20;2*1-33-16-6-5-14(18(11-16)34-2)12-28-23-29-20-17(9-15(25)10-19(20)35-3)21-30-22(31-32(21)23)24(26)7-4-8-27-13-24;;/h4-6,8-11,14-16H,7,12-13,17-19H2,1-3H3,(H,35,36);2*5-6,9-11,27H,4,7-8,12-13H2,1-3H3,(H,28,29);2*1H4. The van der Waals surface area contributed by atoms with Gasteiger partial charge in [0.05, 0.1) is 86.7 Å². The van der Waals surface area contributed by atoms with Crippen LogP contribution in [0.15, 0.2) is 121 Å². The van der Waals surface area contributed by atoms with Crippen molar-refractivity contribution in [3.05, 3.63) is 179 Å². The minimum atomic E-state index is -2.09. The third kappa shape index (κ3) is 17.5. The van der Waals surface area contributed by atoms with Gasteiger partial charge in [0.2, 0.25) is 17.8 Å². The molecule has 0 radical (unpaired) electrons. The highest BCUT2D eigenvalue weighted by atomic mass is 19.2. The van der Waals surface area contributed by atoms with E-state index >= 15 is 13.2 Å². The van der Waals surface area contributed by atoms with E-state index in [1.54, 1.807) is 66.9 Å². The number of hydrogen-bond donors (Lipinski definition) is 5. The fourth-order valence-corrected chi connectivity index (χ4v) is 14.1. The number of rotatable bonds is 23. The second-order valence-electron chi connectivity index (χ2n) is 27.4. The quantitative estimate of drug-likeness (QED) is 0.0372. The molecule has 0 spiro atoms. The number of piperidine rings is 3. The predicted molar refractivity (Wildman–Crippen MR) is 428 cm³/mol. The van der Waals surface area contributed by atoms with E-state index in [1.807, 2.05) is 60.7 Å². The number of methoxy groups -OCH3 is 9. The molecule has 6 aromatic heterocycles. The maximum absolute atomic E-state index is 16.7. The van der Waals surface area contributed by atoms with Crippen LogP contribution >= 0.6 is 0 Å². The second kappa shape index (κ2) is 36.0. The molecule has 0 aliphatic carbocycles. The highest BCUT2D eigenvalue weighted by Crippen LogP contribution is 2.41. The van der Waals surface area contributed by atoms with E-state index in [4.69, 9.17) is 47.4 Å². The second-order valence-corrected chi connectivity index (χ2v) is 27.4.